The largest absolute Gasteiger partial charge is 0.385 e. The number of ether oxygens (including phenoxy) is 1. The number of aliphatic hydroxyl groups excluding tert-OH is 1. The van der Waals surface area contributed by atoms with E-state index in [0.29, 0.717) is 5.92 Å². The molecule has 24 heavy (non-hydrogen) atoms. The quantitative estimate of drug-likeness (QED) is 0.720. The van der Waals surface area contributed by atoms with Crippen molar-refractivity contribution in [1.29, 1.82) is 0 Å². The summed E-state index contributed by atoms with van der Waals surface area (Å²) in [5, 5.41) is 10.6. The molecule has 2 rings (SSSR count). The van der Waals surface area contributed by atoms with Crippen LogP contribution in [0.3, 0.4) is 0 Å². The Hall–Kier alpha value is -0.420. The monoisotopic (exact) mass is 398 g/mol. The number of hydrogen-bond acceptors (Lipinski definition) is 2. The van der Waals surface area contributed by atoms with Crippen LogP contribution in [0.4, 0.5) is 0 Å². The SMILES string of the molecule is CCC(C)(C)OC(C)C(O)C[NH+]1CCC2=C(C1)C(C)C=CC=C2Br. The highest BCUT2D eigenvalue weighted by Crippen LogP contribution is 2.31. The van der Waals surface area contributed by atoms with E-state index in [0.717, 1.165) is 32.5 Å². The van der Waals surface area contributed by atoms with E-state index in [1.165, 1.54) is 20.5 Å². The van der Waals surface area contributed by atoms with Gasteiger partial charge in [0, 0.05) is 16.8 Å². The van der Waals surface area contributed by atoms with Gasteiger partial charge in [0.25, 0.3) is 0 Å². The zero-order valence-electron chi connectivity index (χ0n) is 15.7. The van der Waals surface area contributed by atoms with Gasteiger partial charge in [-0.15, -0.1) is 0 Å². The molecule has 2 aliphatic rings. The predicted molar refractivity (Wildman–Crippen MR) is 103 cm³/mol. The third-order valence-corrected chi connectivity index (χ3v) is 6.18. The Bertz CT molecular complexity index is 536. The summed E-state index contributed by atoms with van der Waals surface area (Å²) in [4.78, 5) is 1.45. The molecule has 0 spiro atoms. The van der Waals surface area contributed by atoms with Crippen molar-refractivity contribution in [2.24, 2.45) is 5.92 Å². The molecular weight excluding hydrogens is 366 g/mol. The zero-order valence-corrected chi connectivity index (χ0v) is 17.3. The molecule has 4 unspecified atom stereocenters. The third kappa shape index (κ3) is 5.04. The predicted octanol–water partition coefficient (Wildman–Crippen LogP) is 3.01. The first-order valence-electron chi connectivity index (χ1n) is 9.19. The second-order valence-electron chi connectivity index (χ2n) is 7.83. The van der Waals surface area contributed by atoms with Gasteiger partial charge in [-0.3, -0.25) is 0 Å². The molecule has 4 heteroatoms. The lowest BCUT2D eigenvalue weighted by atomic mass is 9.91. The topological polar surface area (TPSA) is 33.9 Å². The Kier molecular flexibility index (Phi) is 6.89. The van der Waals surface area contributed by atoms with Gasteiger partial charge in [-0.2, -0.15) is 0 Å². The number of allylic oxidation sites excluding steroid dienone is 4. The lowest BCUT2D eigenvalue weighted by Crippen LogP contribution is -3.14. The Labute approximate surface area is 155 Å². The number of nitrogens with one attached hydrogen (secondary N) is 1. The van der Waals surface area contributed by atoms with E-state index in [2.05, 4.69) is 61.9 Å². The van der Waals surface area contributed by atoms with Crippen molar-refractivity contribution in [3.05, 3.63) is 33.9 Å². The van der Waals surface area contributed by atoms with Crippen molar-refractivity contribution in [3.63, 3.8) is 0 Å². The minimum Gasteiger partial charge on any atom is -0.385 e. The van der Waals surface area contributed by atoms with E-state index in [1.54, 1.807) is 0 Å². The second kappa shape index (κ2) is 8.31. The maximum Gasteiger partial charge on any atom is 0.129 e. The summed E-state index contributed by atoms with van der Waals surface area (Å²) < 4.78 is 7.27. The minimum absolute atomic E-state index is 0.138. The Morgan fingerprint density at radius 1 is 1.46 bits per heavy atom. The van der Waals surface area contributed by atoms with Gasteiger partial charge in [-0.05, 0) is 44.4 Å². The highest BCUT2D eigenvalue weighted by molar-refractivity contribution is 9.12. The van der Waals surface area contributed by atoms with Crippen LogP contribution in [0.25, 0.3) is 0 Å². The maximum atomic E-state index is 10.6. The first-order chi connectivity index (χ1) is 11.2. The van der Waals surface area contributed by atoms with Gasteiger partial charge in [-0.25, -0.2) is 0 Å². The van der Waals surface area contributed by atoms with E-state index in [4.69, 9.17) is 4.74 Å². The summed E-state index contributed by atoms with van der Waals surface area (Å²) in [6.07, 6.45) is 8.01. The van der Waals surface area contributed by atoms with Crippen molar-refractivity contribution < 1.29 is 14.7 Å². The van der Waals surface area contributed by atoms with Gasteiger partial charge in [0.15, 0.2) is 0 Å². The molecule has 0 aromatic heterocycles. The molecule has 0 aromatic rings. The Morgan fingerprint density at radius 3 is 2.83 bits per heavy atom. The fourth-order valence-electron chi connectivity index (χ4n) is 3.46. The van der Waals surface area contributed by atoms with Crippen LogP contribution >= 0.6 is 15.9 Å². The lowest BCUT2D eigenvalue weighted by molar-refractivity contribution is -0.900. The van der Waals surface area contributed by atoms with Gasteiger partial charge in [-0.1, -0.05) is 41.9 Å². The highest BCUT2D eigenvalue weighted by Gasteiger charge is 2.31. The van der Waals surface area contributed by atoms with Crippen LogP contribution in [0.2, 0.25) is 0 Å². The molecular formula is C20H33BrNO2+. The Morgan fingerprint density at radius 2 is 2.17 bits per heavy atom. The average molecular weight is 399 g/mol. The molecule has 136 valence electrons. The van der Waals surface area contributed by atoms with E-state index in [1.807, 2.05) is 6.92 Å². The first-order valence-corrected chi connectivity index (χ1v) is 9.98. The summed E-state index contributed by atoms with van der Waals surface area (Å²) in [7, 11) is 0. The summed E-state index contributed by atoms with van der Waals surface area (Å²) in [6.45, 7) is 13.4. The molecule has 0 saturated heterocycles. The number of rotatable bonds is 6. The fraction of sp³-hybridized carbons (Fsp3) is 0.700. The Balaban J connectivity index is 1.98. The molecule has 0 aromatic carbocycles. The standard InChI is InChI=1S/C20H32BrNO2/c1-6-20(4,5)24-15(3)19(23)13-22-11-10-16-17(12-22)14(2)8-7-9-18(16)21/h7-9,14-15,19,23H,6,10-13H2,1-5H3/p+1. The van der Waals surface area contributed by atoms with Crippen molar-refractivity contribution in [3.8, 4) is 0 Å². The molecule has 0 radical (unpaired) electrons. The van der Waals surface area contributed by atoms with Crippen molar-refractivity contribution in [1.82, 2.24) is 0 Å². The summed E-state index contributed by atoms with van der Waals surface area (Å²) in [6, 6.07) is 0. The maximum absolute atomic E-state index is 10.6. The molecule has 3 nitrogen and oxygen atoms in total. The van der Waals surface area contributed by atoms with Gasteiger partial charge in [0.2, 0.25) is 0 Å². The lowest BCUT2D eigenvalue weighted by Gasteiger charge is -2.34. The van der Waals surface area contributed by atoms with E-state index < -0.39 is 6.10 Å². The summed E-state index contributed by atoms with van der Waals surface area (Å²) >= 11 is 3.72. The van der Waals surface area contributed by atoms with Crippen LogP contribution in [0, 0.1) is 5.92 Å². The van der Waals surface area contributed by atoms with Gasteiger partial charge >= 0.3 is 0 Å². The van der Waals surface area contributed by atoms with Gasteiger partial charge in [0.05, 0.1) is 18.2 Å². The summed E-state index contributed by atoms with van der Waals surface area (Å²) in [5.74, 6) is 0.464. The van der Waals surface area contributed by atoms with Crippen LogP contribution in [0.15, 0.2) is 33.9 Å². The molecule has 0 amide bonds. The van der Waals surface area contributed by atoms with Crippen molar-refractivity contribution in [2.75, 3.05) is 19.6 Å². The van der Waals surface area contributed by atoms with Gasteiger partial charge < -0.3 is 14.7 Å². The molecule has 1 heterocycles. The minimum atomic E-state index is -0.427. The van der Waals surface area contributed by atoms with Crippen LogP contribution < -0.4 is 4.90 Å². The molecule has 0 fully saturated rings. The molecule has 0 bridgehead atoms. The molecule has 2 N–H and O–H groups in total. The van der Waals surface area contributed by atoms with E-state index in [-0.39, 0.29) is 11.7 Å². The molecule has 1 aliphatic heterocycles. The number of halogens is 1. The fourth-order valence-corrected chi connectivity index (χ4v) is 4.07. The van der Waals surface area contributed by atoms with Crippen LogP contribution in [0.5, 0.6) is 0 Å². The number of quaternary nitrogens is 1. The molecule has 4 atom stereocenters. The third-order valence-electron chi connectivity index (χ3n) is 5.43. The number of hydrogen-bond donors (Lipinski definition) is 2. The number of aliphatic hydroxyl groups is 1. The zero-order chi connectivity index (χ0) is 17.9. The van der Waals surface area contributed by atoms with Crippen LogP contribution in [0.1, 0.15) is 47.5 Å². The van der Waals surface area contributed by atoms with Crippen molar-refractivity contribution >= 4 is 15.9 Å². The smallest absolute Gasteiger partial charge is 0.129 e. The summed E-state index contributed by atoms with van der Waals surface area (Å²) in [5.41, 5.74) is 2.79. The van der Waals surface area contributed by atoms with Gasteiger partial charge in [0.1, 0.15) is 19.2 Å². The molecule has 1 aliphatic carbocycles. The van der Waals surface area contributed by atoms with E-state index >= 15 is 0 Å². The average Bonchev–Trinajstić information content (AvgIpc) is 2.66. The second-order valence-corrected chi connectivity index (χ2v) is 8.68. The van der Waals surface area contributed by atoms with Crippen LogP contribution in [-0.2, 0) is 4.74 Å². The normalized spacial score (nSPS) is 27.4. The first kappa shape index (κ1) is 19.9. The molecule has 0 saturated carbocycles. The highest BCUT2D eigenvalue weighted by atomic mass is 79.9. The van der Waals surface area contributed by atoms with E-state index in [9.17, 15) is 5.11 Å². The van der Waals surface area contributed by atoms with Crippen molar-refractivity contribution in [2.45, 2.75) is 65.3 Å². The van der Waals surface area contributed by atoms with Crippen LogP contribution in [-0.4, -0.2) is 42.5 Å².